The number of carbonyl (C=O) groups excluding carboxylic acids is 1. The van der Waals surface area contributed by atoms with E-state index in [2.05, 4.69) is 20.4 Å². The minimum absolute atomic E-state index is 0.0106. The molecular weight excluding hydrogens is 327 g/mol. The molecule has 0 saturated heterocycles. The largest absolute Gasteiger partial charge is 0.343 e. The van der Waals surface area contributed by atoms with E-state index in [0.717, 1.165) is 0 Å². The molecule has 0 aliphatic carbocycles. The molecule has 0 fully saturated rings. The molecule has 0 unspecified atom stereocenters. The number of pyridine rings is 1. The lowest BCUT2D eigenvalue weighted by atomic mass is 10.2. The van der Waals surface area contributed by atoms with Gasteiger partial charge in [0.2, 0.25) is 23.2 Å². The Kier molecular flexibility index (Phi) is 4.79. The van der Waals surface area contributed by atoms with Crippen molar-refractivity contribution < 1.29 is 13.7 Å². The molecule has 1 aromatic carbocycles. The van der Waals surface area contributed by atoms with Crippen molar-refractivity contribution in [3.05, 3.63) is 76.3 Å². The number of hydrogen-bond acceptors (Lipinski definition) is 5. The second kappa shape index (κ2) is 7.35. The second-order valence-corrected chi connectivity index (χ2v) is 5.03. The van der Waals surface area contributed by atoms with Gasteiger partial charge in [0.05, 0.1) is 6.54 Å². The summed E-state index contributed by atoms with van der Waals surface area (Å²) in [7, 11) is 0. The molecule has 0 bridgehead atoms. The molecule has 126 valence electrons. The highest BCUT2D eigenvalue weighted by Gasteiger charge is 2.09. The average Bonchev–Trinajstić information content (AvgIpc) is 3.08. The number of benzene rings is 1. The van der Waals surface area contributed by atoms with E-state index in [1.165, 1.54) is 30.5 Å². The number of nitrogens with one attached hydrogen (secondary N) is 2. The van der Waals surface area contributed by atoms with Crippen LogP contribution in [-0.4, -0.2) is 21.0 Å². The summed E-state index contributed by atoms with van der Waals surface area (Å²) in [6.45, 7) is 0.0106. The van der Waals surface area contributed by atoms with Crippen molar-refractivity contribution in [1.82, 2.24) is 20.4 Å². The van der Waals surface area contributed by atoms with Gasteiger partial charge in [-0.05, 0) is 18.2 Å². The topological polar surface area (TPSA) is 101 Å². The smallest absolute Gasteiger partial charge is 0.248 e. The fraction of sp³-hybridized carbons (Fsp3) is 0.0588. The van der Waals surface area contributed by atoms with Gasteiger partial charge in [0.15, 0.2) is 0 Å². The Morgan fingerprint density at radius 1 is 1.32 bits per heavy atom. The molecule has 3 aromatic rings. The van der Waals surface area contributed by atoms with E-state index >= 15 is 0 Å². The molecule has 0 saturated carbocycles. The predicted molar refractivity (Wildman–Crippen MR) is 87.6 cm³/mol. The first-order valence-electron chi connectivity index (χ1n) is 7.34. The van der Waals surface area contributed by atoms with Gasteiger partial charge in [0, 0.05) is 29.5 Å². The number of rotatable bonds is 5. The molecule has 0 radical (unpaired) electrons. The summed E-state index contributed by atoms with van der Waals surface area (Å²) in [5.74, 6) is -0.412. The summed E-state index contributed by atoms with van der Waals surface area (Å²) >= 11 is 0. The number of nitrogens with zero attached hydrogens (tertiary/aromatic N) is 2. The van der Waals surface area contributed by atoms with Crippen LogP contribution in [0.15, 0.2) is 58.0 Å². The third kappa shape index (κ3) is 4.25. The van der Waals surface area contributed by atoms with Crippen LogP contribution in [0.4, 0.5) is 4.39 Å². The first-order valence-corrected chi connectivity index (χ1v) is 7.34. The van der Waals surface area contributed by atoms with Crippen LogP contribution in [0.1, 0.15) is 11.5 Å². The maximum absolute atomic E-state index is 13.4. The summed E-state index contributed by atoms with van der Waals surface area (Å²) in [5.41, 5.74) is 0.534. The van der Waals surface area contributed by atoms with E-state index in [1.54, 1.807) is 24.3 Å². The van der Waals surface area contributed by atoms with E-state index in [0.29, 0.717) is 11.1 Å². The summed E-state index contributed by atoms with van der Waals surface area (Å²) in [6.07, 6.45) is 4.07. The molecule has 8 heteroatoms. The van der Waals surface area contributed by atoms with Crippen LogP contribution < -0.4 is 10.9 Å². The highest BCUT2D eigenvalue weighted by atomic mass is 19.1. The Labute approximate surface area is 141 Å². The monoisotopic (exact) mass is 340 g/mol. The highest BCUT2D eigenvalue weighted by molar-refractivity contribution is 5.91. The number of carbonyl (C=O) groups is 1. The highest BCUT2D eigenvalue weighted by Crippen LogP contribution is 2.12. The van der Waals surface area contributed by atoms with Gasteiger partial charge >= 0.3 is 0 Å². The van der Waals surface area contributed by atoms with Gasteiger partial charge in [0.25, 0.3) is 0 Å². The molecule has 0 spiro atoms. The minimum Gasteiger partial charge on any atom is -0.343 e. The normalized spacial score (nSPS) is 10.9. The SMILES string of the molecule is O=C(/C=C\c1ccccc1F)NCc1nc(-c2cc[nH]c(=O)c2)no1. The first kappa shape index (κ1) is 16.3. The second-order valence-electron chi connectivity index (χ2n) is 5.03. The number of aromatic nitrogens is 3. The van der Waals surface area contributed by atoms with Crippen molar-refractivity contribution >= 4 is 12.0 Å². The minimum atomic E-state index is -0.431. The van der Waals surface area contributed by atoms with Crippen molar-refractivity contribution in [1.29, 1.82) is 0 Å². The van der Waals surface area contributed by atoms with E-state index in [9.17, 15) is 14.0 Å². The van der Waals surface area contributed by atoms with Crippen molar-refractivity contribution in [3.63, 3.8) is 0 Å². The van der Waals surface area contributed by atoms with Crippen LogP contribution in [0, 0.1) is 5.82 Å². The zero-order valence-electron chi connectivity index (χ0n) is 12.9. The zero-order chi connectivity index (χ0) is 17.6. The standard InChI is InChI=1S/C17H13FN4O3/c18-13-4-2-1-3-11(13)5-6-14(23)20-10-16-21-17(22-25-16)12-7-8-19-15(24)9-12/h1-9H,10H2,(H,19,24)(H,20,23)/b6-5-. The molecule has 0 aliphatic heterocycles. The van der Waals surface area contributed by atoms with Gasteiger partial charge < -0.3 is 14.8 Å². The van der Waals surface area contributed by atoms with Crippen LogP contribution in [0.5, 0.6) is 0 Å². The summed E-state index contributed by atoms with van der Waals surface area (Å²) < 4.78 is 18.5. The fourth-order valence-corrected chi connectivity index (χ4v) is 2.02. The number of H-pyrrole nitrogens is 1. The zero-order valence-corrected chi connectivity index (χ0v) is 12.9. The molecule has 0 atom stereocenters. The molecule has 3 rings (SSSR count). The van der Waals surface area contributed by atoms with Gasteiger partial charge in [0.1, 0.15) is 5.82 Å². The van der Waals surface area contributed by atoms with Gasteiger partial charge in [-0.1, -0.05) is 23.4 Å². The van der Waals surface area contributed by atoms with E-state index in [4.69, 9.17) is 4.52 Å². The van der Waals surface area contributed by atoms with Crippen LogP contribution >= 0.6 is 0 Å². The molecule has 1 amide bonds. The van der Waals surface area contributed by atoms with E-state index in [1.807, 2.05) is 0 Å². The number of amides is 1. The van der Waals surface area contributed by atoms with Gasteiger partial charge in [-0.15, -0.1) is 0 Å². The maximum Gasteiger partial charge on any atom is 0.248 e. The quantitative estimate of drug-likeness (QED) is 0.691. The third-order valence-corrected chi connectivity index (χ3v) is 3.23. The molecule has 2 heterocycles. The molecule has 25 heavy (non-hydrogen) atoms. The summed E-state index contributed by atoms with van der Waals surface area (Å²) in [4.78, 5) is 29.6. The molecule has 0 aliphatic rings. The van der Waals surface area contributed by atoms with Gasteiger partial charge in [-0.3, -0.25) is 9.59 Å². The summed E-state index contributed by atoms with van der Waals surface area (Å²) in [5, 5.41) is 6.31. The number of aromatic amines is 1. The van der Waals surface area contributed by atoms with Crippen molar-refractivity contribution in [2.75, 3.05) is 0 Å². The Morgan fingerprint density at radius 3 is 2.96 bits per heavy atom. The third-order valence-electron chi connectivity index (χ3n) is 3.23. The lowest BCUT2D eigenvalue weighted by Crippen LogP contribution is -2.20. The molecule has 7 nitrogen and oxygen atoms in total. The van der Waals surface area contributed by atoms with Gasteiger partial charge in [-0.25, -0.2) is 4.39 Å². The van der Waals surface area contributed by atoms with E-state index < -0.39 is 11.7 Å². The van der Waals surface area contributed by atoms with Crippen LogP contribution in [-0.2, 0) is 11.3 Å². The lowest BCUT2D eigenvalue weighted by molar-refractivity contribution is -0.116. The Morgan fingerprint density at radius 2 is 2.16 bits per heavy atom. The Bertz CT molecular complexity index is 978. The molecule has 2 aromatic heterocycles. The lowest BCUT2D eigenvalue weighted by Gasteiger charge is -1.98. The summed E-state index contributed by atoms with van der Waals surface area (Å²) in [6, 6.07) is 9.09. The van der Waals surface area contributed by atoms with Gasteiger partial charge in [-0.2, -0.15) is 4.98 Å². The van der Waals surface area contributed by atoms with Crippen LogP contribution in [0.3, 0.4) is 0 Å². The Balaban J connectivity index is 1.60. The van der Waals surface area contributed by atoms with Crippen molar-refractivity contribution in [3.8, 4) is 11.4 Å². The predicted octanol–water partition coefficient (Wildman–Crippen LogP) is 1.89. The maximum atomic E-state index is 13.4. The molecule has 2 N–H and O–H groups in total. The van der Waals surface area contributed by atoms with Crippen LogP contribution in [0.2, 0.25) is 0 Å². The van der Waals surface area contributed by atoms with Crippen molar-refractivity contribution in [2.24, 2.45) is 0 Å². The first-order chi connectivity index (χ1) is 12.1. The number of halogens is 1. The van der Waals surface area contributed by atoms with E-state index in [-0.39, 0.29) is 23.8 Å². The Hall–Kier alpha value is -3.55. The average molecular weight is 340 g/mol. The number of hydrogen-bond donors (Lipinski definition) is 2. The fourth-order valence-electron chi connectivity index (χ4n) is 2.02. The van der Waals surface area contributed by atoms with Crippen molar-refractivity contribution in [2.45, 2.75) is 6.54 Å². The van der Waals surface area contributed by atoms with Crippen LogP contribution in [0.25, 0.3) is 17.5 Å². The molecular formula is C17H13FN4O3.